The number of benzene rings is 2. The van der Waals surface area contributed by atoms with E-state index >= 15 is 0 Å². The van der Waals surface area contributed by atoms with Crippen LogP contribution in [0.5, 0.6) is 11.5 Å². The maximum absolute atomic E-state index is 13.0. The number of fused-ring (bicyclic) bond motifs is 1. The zero-order valence-corrected chi connectivity index (χ0v) is 24.0. The third-order valence-electron chi connectivity index (χ3n) is 7.01. The molecule has 0 saturated carbocycles. The lowest BCUT2D eigenvalue weighted by Gasteiger charge is -2.47. The number of amides is 3. The molecule has 12 nitrogen and oxygen atoms in total. The van der Waals surface area contributed by atoms with Crippen LogP contribution in [0.2, 0.25) is 0 Å². The number of aliphatic carboxylic acids is 1. The number of rotatable bonds is 9. The number of carboxylic acids is 1. The molecule has 0 aromatic heterocycles. The van der Waals surface area contributed by atoms with E-state index in [2.05, 4.69) is 5.32 Å². The summed E-state index contributed by atoms with van der Waals surface area (Å²) in [5.41, 5.74) is 4.59. The minimum atomic E-state index is -1.82. The lowest BCUT2D eigenvalue weighted by Crippen LogP contribution is -2.65. The van der Waals surface area contributed by atoms with Gasteiger partial charge in [-0.15, -0.1) is 11.8 Å². The van der Waals surface area contributed by atoms with Crippen LogP contribution in [0, 0.1) is 0 Å². The lowest BCUT2D eigenvalue weighted by atomic mass is 9.73. The highest BCUT2D eigenvalue weighted by Gasteiger charge is 2.70. The van der Waals surface area contributed by atoms with Gasteiger partial charge in [0.15, 0.2) is 17.0 Å². The molecule has 0 radical (unpaired) electrons. The number of carbonyl (C=O) groups excluding carboxylic acids is 5. The second kappa shape index (κ2) is 11.3. The van der Waals surface area contributed by atoms with Crippen molar-refractivity contribution in [2.75, 3.05) is 0 Å². The van der Waals surface area contributed by atoms with Gasteiger partial charge in [-0.25, -0.2) is 4.79 Å². The van der Waals surface area contributed by atoms with E-state index in [0.29, 0.717) is 5.56 Å². The van der Waals surface area contributed by atoms with E-state index in [-0.39, 0.29) is 40.3 Å². The normalized spacial score (nSPS) is 21.2. The van der Waals surface area contributed by atoms with Crippen molar-refractivity contribution in [1.29, 1.82) is 0 Å². The van der Waals surface area contributed by atoms with Gasteiger partial charge in [0.05, 0.1) is 16.5 Å². The fourth-order valence-electron chi connectivity index (χ4n) is 5.37. The first-order valence-corrected chi connectivity index (χ1v) is 13.7. The van der Waals surface area contributed by atoms with Crippen LogP contribution in [0.25, 0.3) is 6.08 Å². The maximum Gasteiger partial charge on any atom is 0.335 e. The Kier molecular flexibility index (Phi) is 8.17. The molecule has 4 rings (SSSR count). The SMILES string of the molecule is CC(=O)Oc1ccc(C=CC(=O)NC(C(N)=O)c2ccccc2[C@]2(C(=O)O)N3C(=O)C[C@H]3SC2(C)C)cc1OC(C)=O. The van der Waals surface area contributed by atoms with Crippen LogP contribution >= 0.6 is 11.8 Å². The van der Waals surface area contributed by atoms with Gasteiger partial charge in [0.25, 0.3) is 0 Å². The van der Waals surface area contributed by atoms with Gasteiger partial charge in [0, 0.05) is 19.9 Å². The molecule has 2 aliphatic rings. The molecule has 2 aliphatic heterocycles. The Hall–Kier alpha value is -4.65. The van der Waals surface area contributed by atoms with E-state index in [1.807, 2.05) is 0 Å². The number of nitrogens with zero attached hydrogens (tertiary/aromatic N) is 1. The highest BCUT2D eigenvalue weighted by molar-refractivity contribution is 8.01. The number of primary amides is 1. The van der Waals surface area contributed by atoms with Crippen LogP contribution in [0.3, 0.4) is 0 Å². The van der Waals surface area contributed by atoms with Gasteiger partial charge >= 0.3 is 17.9 Å². The van der Waals surface area contributed by atoms with Gasteiger partial charge in [-0.1, -0.05) is 30.3 Å². The predicted molar refractivity (Wildman–Crippen MR) is 151 cm³/mol. The fourth-order valence-corrected chi connectivity index (χ4v) is 7.13. The number of ether oxygens (including phenoxy) is 2. The van der Waals surface area contributed by atoms with E-state index in [1.165, 1.54) is 66.9 Å². The standard InChI is InChI=1S/C29H29N3O9S/c1-15(33)40-20-11-9-17(13-21(20)41-16(2)34)10-12-22(35)31-25(26(30)37)18-7-5-6-8-19(18)29(27(38)39)28(3,4)42-24-14-23(36)32(24)29/h5-13,24-25H,14H2,1-4H3,(H2,30,37)(H,31,35)(H,38,39)/t24-,25?,29-/m1/s1. The van der Waals surface area contributed by atoms with Crippen LogP contribution in [0.4, 0.5) is 0 Å². The van der Waals surface area contributed by atoms with Crippen molar-refractivity contribution >= 4 is 53.5 Å². The Labute approximate surface area is 245 Å². The molecule has 220 valence electrons. The molecule has 4 N–H and O–H groups in total. The quantitative estimate of drug-likeness (QED) is 0.168. The monoisotopic (exact) mass is 595 g/mol. The van der Waals surface area contributed by atoms with Crippen molar-refractivity contribution in [3.05, 3.63) is 65.2 Å². The first-order valence-electron chi connectivity index (χ1n) is 12.8. The van der Waals surface area contributed by atoms with Crippen molar-refractivity contribution in [2.24, 2.45) is 5.73 Å². The summed E-state index contributed by atoms with van der Waals surface area (Å²) in [6, 6.07) is 9.04. The molecule has 13 heteroatoms. The van der Waals surface area contributed by atoms with Crippen LogP contribution in [0.15, 0.2) is 48.5 Å². The Morgan fingerprint density at radius 1 is 1.07 bits per heavy atom. The second-order valence-corrected chi connectivity index (χ2v) is 12.0. The summed E-state index contributed by atoms with van der Waals surface area (Å²) in [5, 5.41) is 12.8. The van der Waals surface area contributed by atoms with E-state index in [1.54, 1.807) is 26.0 Å². The molecule has 2 fully saturated rings. The smallest absolute Gasteiger partial charge is 0.335 e. The van der Waals surface area contributed by atoms with Crippen molar-refractivity contribution in [1.82, 2.24) is 10.2 Å². The molecule has 2 saturated heterocycles. The number of β-lactam (4-membered cyclic amide) rings is 1. The van der Waals surface area contributed by atoms with Gasteiger partial charge in [-0.05, 0) is 48.7 Å². The molecule has 0 bridgehead atoms. The summed E-state index contributed by atoms with van der Waals surface area (Å²) in [6.07, 6.45) is 2.67. The van der Waals surface area contributed by atoms with Crippen LogP contribution < -0.4 is 20.5 Å². The van der Waals surface area contributed by atoms with E-state index < -0.39 is 46.1 Å². The highest BCUT2D eigenvalue weighted by Crippen LogP contribution is 2.61. The topological polar surface area (TPSA) is 182 Å². The Bertz CT molecular complexity index is 1540. The van der Waals surface area contributed by atoms with E-state index in [9.17, 15) is 33.9 Å². The number of esters is 2. The predicted octanol–water partition coefficient (Wildman–Crippen LogP) is 2.26. The average Bonchev–Trinajstić information content (AvgIpc) is 3.09. The molecule has 2 aromatic rings. The van der Waals surface area contributed by atoms with Gasteiger partial charge < -0.3 is 30.5 Å². The van der Waals surface area contributed by atoms with E-state index in [4.69, 9.17) is 15.2 Å². The van der Waals surface area contributed by atoms with Crippen molar-refractivity contribution < 1.29 is 43.3 Å². The fraction of sp³-hybridized carbons (Fsp3) is 0.310. The first-order chi connectivity index (χ1) is 19.7. The summed E-state index contributed by atoms with van der Waals surface area (Å²) in [4.78, 5) is 75.5. The zero-order chi connectivity index (χ0) is 31.0. The Balaban J connectivity index is 1.67. The molecule has 42 heavy (non-hydrogen) atoms. The van der Waals surface area contributed by atoms with E-state index in [0.717, 1.165) is 6.08 Å². The number of nitrogens with two attached hydrogens (primary N) is 1. The minimum Gasteiger partial charge on any atom is -0.479 e. The second-order valence-electron chi connectivity index (χ2n) is 10.2. The highest BCUT2D eigenvalue weighted by atomic mass is 32.2. The van der Waals surface area contributed by atoms with Crippen LogP contribution in [-0.2, 0) is 34.3 Å². The maximum atomic E-state index is 13.0. The molecule has 2 aromatic carbocycles. The largest absolute Gasteiger partial charge is 0.479 e. The molecule has 3 atom stereocenters. The summed E-state index contributed by atoms with van der Waals surface area (Å²) < 4.78 is 9.14. The van der Waals surface area contributed by atoms with Gasteiger partial charge in [0.2, 0.25) is 17.7 Å². The molecule has 1 unspecified atom stereocenters. The molecular formula is C29H29N3O9S. The number of carbonyl (C=O) groups is 6. The number of hydrogen-bond acceptors (Lipinski definition) is 9. The summed E-state index contributed by atoms with van der Waals surface area (Å²) in [7, 11) is 0. The molecule has 0 aliphatic carbocycles. The van der Waals surface area contributed by atoms with Crippen molar-refractivity contribution in [3.8, 4) is 11.5 Å². The van der Waals surface area contributed by atoms with Crippen molar-refractivity contribution in [2.45, 2.75) is 55.8 Å². The van der Waals surface area contributed by atoms with Gasteiger partial charge in [-0.3, -0.25) is 24.0 Å². The summed E-state index contributed by atoms with van der Waals surface area (Å²) >= 11 is 1.36. The number of thioether (sulfide) groups is 1. The first kappa shape index (κ1) is 30.3. The average molecular weight is 596 g/mol. The molecule has 3 amide bonds. The Morgan fingerprint density at radius 2 is 1.71 bits per heavy atom. The third kappa shape index (κ3) is 5.34. The number of carboxylic acid groups (broad SMARTS) is 1. The molecule has 2 heterocycles. The van der Waals surface area contributed by atoms with Gasteiger partial charge in [0.1, 0.15) is 6.04 Å². The summed E-state index contributed by atoms with van der Waals surface area (Å²) in [6.45, 7) is 5.82. The molecule has 0 spiro atoms. The third-order valence-corrected chi connectivity index (χ3v) is 8.55. The lowest BCUT2D eigenvalue weighted by molar-refractivity contribution is -0.169. The number of nitrogens with one attached hydrogen (secondary N) is 1. The molecular weight excluding hydrogens is 566 g/mol. The van der Waals surface area contributed by atoms with Gasteiger partial charge in [-0.2, -0.15) is 0 Å². The van der Waals surface area contributed by atoms with Crippen LogP contribution in [0.1, 0.15) is 56.8 Å². The number of hydrogen-bond donors (Lipinski definition) is 3. The minimum absolute atomic E-state index is 0.00739. The zero-order valence-electron chi connectivity index (χ0n) is 23.2. The summed E-state index contributed by atoms with van der Waals surface area (Å²) in [5.74, 6) is -4.59. The Morgan fingerprint density at radius 3 is 2.31 bits per heavy atom. The van der Waals surface area contributed by atoms with Crippen molar-refractivity contribution in [3.63, 3.8) is 0 Å². The van der Waals surface area contributed by atoms with Crippen LogP contribution in [-0.4, -0.2) is 55.8 Å².